The molecule has 0 aromatic carbocycles. The highest BCUT2D eigenvalue weighted by molar-refractivity contribution is 5.77. The lowest BCUT2D eigenvalue weighted by Crippen LogP contribution is -2.28. The molecule has 116 valence electrons. The molecule has 1 fully saturated rings. The fraction of sp³-hybridized carbons (Fsp3) is 0.875. The Balaban J connectivity index is 2.18. The fourth-order valence-corrected chi connectivity index (χ4v) is 2.82. The van der Waals surface area contributed by atoms with Crippen LogP contribution in [0, 0.1) is 11.8 Å². The average Bonchev–Trinajstić information content (AvgIpc) is 2.35. The zero-order chi connectivity index (χ0) is 15.0. The van der Waals surface area contributed by atoms with Crippen molar-refractivity contribution in [3.8, 4) is 0 Å². The highest BCUT2D eigenvalue weighted by Crippen LogP contribution is 2.30. The van der Waals surface area contributed by atoms with Gasteiger partial charge in [-0.1, -0.05) is 27.2 Å². The minimum atomic E-state index is -0.305. The van der Waals surface area contributed by atoms with E-state index in [1.165, 1.54) is 6.42 Å². The lowest BCUT2D eigenvalue weighted by molar-refractivity contribution is -0.155. The topological polar surface area (TPSA) is 52.6 Å². The molecule has 4 heteroatoms. The highest BCUT2D eigenvalue weighted by Gasteiger charge is 2.26. The Morgan fingerprint density at radius 2 is 1.60 bits per heavy atom. The van der Waals surface area contributed by atoms with Gasteiger partial charge in [0.15, 0.2) is 0 Å². The first-order valence-electron chi connectivity index (χ1n) is 7.86. The van der Waals surface area contributed by atoms with Gasteiger partial charge in [0.05, 0.1) is 19.4 Å². The first-order chi connectivity index (χ1) is 9.51. The Kier molecular flexibility index (Phi) is 7.63. The molecular weight excluding hydrogens is 256 g/mol. The molecule has 1 aliphatic rings. The van der Waals surface area contributed by atoms with Crippen LogP contribution in [0.5, 0.6) is 0 Å². The smallest absolute Gasteiger partial charge is 0.306 e. The standard InChI is InChI=1S/C16H28O4/c1-4-5-8-19-15(17)6-7-16(18)20-14-10-12(2)9-13(3)11-14/h12-14H,4-11H2,1-3H3. The maximum Gasteiger partial charge on any atom is 0.306 e. The van der Waals surface area contributed by atoms with Gasteiger partial charge in [0.1, 0.15) is 6.10 Å². The molecule has 1 rings (SSSR count). The Morgan fingerprint density at radius 1 is 1.00 bits per heavy atom. The van der Waals surface area contributed by atoms with Gasteiger partial charge >= 0.3 is 11.9 Å². The van der Waals surface area contributed by atoms with Crippen LogP contribution in [0.15, 0.2) is 0 Å². The second-order valence-electron chi connectivity index (χ2n) is 6.10. The van der Waals surface area contributed by atoms with Crippen LogP contribution in [-0.4, -0.2) is 24.6 Å². The van der Waals surface area contributed by atoms with E-state index in [2.05, 4.69) is 13.8 Å². The highest BCUT2D eigenvalue weighted by atomic mass is 16.5. The van der Waals surface area contributed by atoms with Gasteiger partial charge in [-0.15, -0.1) is 0 Å². The van der Waals surface area contributed by atoms with Gasteiger partial charge in [0.25, 0.3) is 0 Å². The molecule has 0 heterocycles. The van der Waals surface area contributed by atoms with Crippen LogP contribution in [-0.2, 0) is 19.1 Å². The van der Waals surface area contributed by atoms with Gasteiger partial charge in [0, 0.05) is 0 Å². The summed E-state index contributed by atoms with van der Waals surface area (Å²) in [5.74, 6) is 0.635. The van der Waals surface area contributed by atoms with Crippen LogP contribution in [0.1, 0.15) is 65.7 Å². The summed E-state index contributed by atoms with van der Waals surface area (Å²) >= 11 is 0. The van der Waals surface area contributed by atoms with Gasteiger partial charge in [-0.3, -0.25) is 9.59 Å². The number of hydrogen-bond donors (Lipinski definition) is 0. The fourth-order valence-electron chi connectivity index (χ4n) is 2.82. The van der Waals surface area contributed by atoms with E-state index in [4.69, 9.17) is 9.47 Å². The predicted molar refractivity (Wildman–Crippen MR) is 77.2 cm³/mol. The molecule has 0 aromatic rings. The van der Waals surface area contributed by atoms with Crippen molar-refractivity contribution < 1.29 is 19.1 Å². The van der Waals surface area contributed by atoms with Crippen LogP contribution in [0.25, 0.3) is 0 Å². The van der Waals surface area contributed by atoms with Gasteiger partial charge in [-0.25, -0.2) is 0 Å². The summed E-state index contributed by atoms with van der Waals surface area (Å²) < 4.78 is 10.5. The van der Waals surface area contributed by atoms with Crippen molar-refractivity contribution in [3.63, 3.8) is 0 Å². The minimum Gasteiger partial charge on any atom is -0.466 e. The molecule has 0 amide bonds. The third kappa shape index (κ3) is 6.92. The van der Waals surface area contributed by atoms with E-state index < -0.39 is 0 Å². The van der Waals surface area contributed by atoms with E-state index in [9.17, 15) is 9.59 Å². The SMILES string of the molecule is CCCCOC(=O)CCC(=O)OC1CC(C)CC(C)C1. The molecule has 0 saturated heterocycles. The van der Waals surface area contributed by atoms with E-state index in [0.717, 1.165) is 25.7 Å². The minimum absolute atomic E-state index is 0.0253. The van der Waals surface area contributed by atoms with Gasteiger partial charge in [-0.2, -0.15) is 0 Å². The Labute approximate surface area is 122 Å². The molecule has 20 heavy (non-hydrogen) atoms. The maximum atomic E-state index is 11.7. The first kappa shape index (κ1) is 17.0. The van der Waals surface area contributed by atoms with Crippen molar-refractivity contribution in [3.05, 3.63) is 0 Å². The predicted octanol–water partition coefficient (Wildman–Crippen LogP) is 3.48. The summed E-state index contributed by atoms with van der Waals surface area (Å²) in [5.41, 5.74) is 0. The summed E-state index contributed by atoms with van der Waals surface area (Å²) in [5, 5.41) is 0. The number of hydrogen-bond acceptors (Lipinski definition) is 4. The zero-order valence-corrected chi connectivity index (χ0v) is 13.0. The van der Waals surface area contributed by atoms with Crippen LogP contribution < -0.4 is 0 Å². The lowest BCUT2D eigenvalue weighted by atomic mass is 9.82. The summed E-state index contributed by atoms with van der Waals surface area (Å²) in [6.45, 7) is 6.88. The molecule has 0 N–H and O–H groups in total. The van der Waals surface area contributed by atoms with Crippen LogP contribution in [0.2, 0.25) is 0 Å². The van der Waals surface area contributed by atoms with Crippen molar-refractivity contribution in [1.82, 2.24) is 0 Å². The quantitative estimate of drug-likeness (QED) is 0.530. The van der Waals surface area contributed by atoms with Gasteiger partial charge < -0.3 is 9.47 Å². The van der Waals surface area contributed by atoms with Crippen molar-refractivity contribution in [2.75, 3.05) is 6.61 Å². The van der Waals surface area contributed by atoms with Gasteiger partial charge in [-0.05, 0) is 37.5 Å². The molecule has 4 nitrogen and oxygen atoms in total. The van der Waals surface area contributed by atoms with E-state index in [1.54, 1.807) is 0 Å². The number of ether oxygens (including phenoxy) is 2. The molecule has 1 aliphatic carbocycles. The first-order valence-corrected chi connectivity index (χ1v) is 7.86. The van der Waals surface area contributed by atoms with Crippen LogP contribution >= 0.6 is 0 Å². The monoisotopic (exact) mass is 284 g/mol. The number of unbranched alkanes of at least 4 members (excludes halogenated alkanes) is 1. The number of carbonyl (C=O) groups excluding carboxylic acids is 2. The zero-order valence-electron chi connectivity index (χ0n) is 13.0. The normalized spacial score (nSPS) is 26.1. The van der Waals surface area contributed by atoms with Crippen molar-refractivity contribution in [1.29, 1.82) is 0 Å². The molecule has 0 aromatic heterocycles. The van der Waals surface area contributed by atoms with E-state index in [1.807, 2.05) is 6.92 Å². The van der Waals surface area contributed by atoms with Crippen LogP contribution in [0.3, 0.4) is 0 Å². The van der Waals surface area contributed by atoms with Crippen LogP contribution in [0.4, 0.5) is 0 Å². The van der Waals surface area contributed by atoms with Gasteiger partial charge in [0.2, 0.25) is 0 Å². The Morgan fingerprint density at radius 3 is 2.20 bits per heavy atom. The molecule has 2 atom stereocenters. The largest absolute Gasteiger partial charge is 0.466 e. The molecule has 0 aliphatic heterocycles. The molecule has 0 spiro atoms. The molecular formula is C16H28O4. The number of rotatable bonds is 7. The third-order valence-electron chi connectivity index (χ3n) is 3.73. The summed E-state index contributed by atoms with van der Waals surface area (Å²) in [6, 6.07) is 0. The summed E-state index contributed by atoms with van der Waals surface area (Å²) in [6.07, 6.45) is 5.23. The van der Waals surface area contributed by atoms with E-state index >= 15 is 0 Å². The van der Waals surface area contributed by atoms with Crippen molar-refractivity contribution >= 4 is 11.9 Å². The third-order valence-corrected chi connectivity index (χ3v) is 3.73. The lowest BCUT2D eigenvalue weighted by Gasteiger charge is -2.31. The molecule has 2 unspecified atom stereocenters. The second kappa shape index (κ2) is 8.98. The Hall–Kier alpha value is -1.06. The summed E-state index contributed by atoms with van der Waals surface area (Å²) in [4.78, 5) is 23.1. The molecule has 0 radical (unpaired) electrons. The number of carbonyl (C=O) groups is 2. The second-order valence-corrected chi connectivity index (χ2v) is 6.10. The Bertz CT molecular complexity index is 304. The van der Waals surface area contributed by atoms with E-state index in [-0.39, 0.29) is 30.9 Å². The maximum absolute atomic E-state index is 11.7. The van der Waals surface area contributed by atoms with Crippen molar-refractivity contribution in [2.24, 2.45) is 11.8 Å². The molecule has 0 bridgehead atoms. The summed E-state index contributed by atoms with van der Waals surface area (Å²) in [7, 11) is 0. The average molecular weight is 284 g/mol. The number of esters is 2. The van der Waals surface area contributed by atoms with Crippen molar-refractivity contribution in [2.45, 2.75) is 71.8 Å². The van der Waals surface area contributed by atoms with E-state index in [0.29, 0.717) is 18.4 Å². The molecule has 1 saturated carbocycles.